The average molecular weight is 535 g/mol. The maximum atomic E-state index is 13.9. The van der Waals surface area contributed by atoms with Crippen LogP contribution in [0.5, 0.6) is 0 Å². The van der Waals surface area contributed by atoms with Crippen molar-refractivity contribution in [2.24, 2.45) is 28.1 Å². The van der Waals surface area contributed by atoms with Gasteiger partial charge in [0.15, 0.2) is 18.0 Å². The third-order valence-electron chi connectivity index (χ3n) is 9.74. The molecule has 0 bridgehead atoms. The lowest BCUT2D eigenvalue weighted by atomic mass is 9.45. The highest BCUT2D eigenvalue weighted by molar-refractivity contribution is 6.26. The number of alkyl halides is 1. The fourth-order valence-corrected chi connectivity index (χ4v) is 8.08. The number of allylic oxidation sites excluding steroid dienone is 4. The van der Waals surface area contributed by atoms with Crippen molar-refractivity contribution < 1.29 is 33.8 Å². The van der Waals surface area contributed by atoms with Crippen molar-refractivity contribution >= 4 is 35.1 Å². The van der Waals surface area contributed by atoms with Crippen LogP contribution in [0.4, 0.5) is 0 Å². The van der Waals surface area contributed by atoms with Crippen molar-refractivity contribution in [3.8, 4) is 0 Å². The molecular formula is C29H39ClO7. The first-order chi connectivity index (χ1) is 17.1. The Balaban J connectivity index is 1.78. The number of carbonyl (C=O) groups excluding carboxylic acids is 4. The van der Waals surface area contributed by atoms with Gasteiger partial charge in [-0.15, -0.1) is 11.6 Å². The van der Waals surface area contributed by atoms with E-state index in [9.17, 15) is 24.3 Å². The van der Waals surface area contributed by atoms with E-state index < -0.39 is 57.2 Å². The largest absolute Gasteiger partial charge is 0.457 e. The predicted molar refractivity (Wildman–Crippen MR) is 138 cm³/mol. The van der Waals surface area contributed by atoms with Gasteiger partial charge in [0.1, 0.15) is 0 Å². The molecule has 0 aromatic heterocycles. The van der Waals surface area contributed by atoms with Crippen LogP contribution in [-0.4, -0.2) is 51.8 Å². The molecule has 0 unspecified atom stereocenters. The molecule has 3 fully saturated rings. The fourth-order valence-electron chi connectivity index (χ4n) is 7.56. The highest BCUT2D eigenvalue weighted by atomic mass is 35.5. The minimum absolute atomic E-state index is 0.0810. The van der Waals surface area contributed by atoms with Gasteiger partial charge >= 0.3 is 11.9 Å². The maximum absolute atomic E-state index is 13.9. The second-order valence-corrected chi connectivity index (χ2v) is 13.3. The van der Waals surface area contributed by atoms with Crippen molar-refractivity contribution in [2.75, 3.05) is 6.61 Å². The second-order valence-electron chi connectivity index (χ2n) is 12.7. The molecule has 1 N–H and O–H groups in total. The third kappa shape index (κ3) is 3.94. The van der Waals surface area contributed by atoms with Crippen molar-refractivity contribution in [2.45, 2.75) is 96.6 Å². The van der Waals surface area contributed by atoms with E-state index in [0.29, 0.717) is 19.3 Å². The van der Waals surface area contributed by atoms with Crippen LogP contribution < -0.4 is 0 Å². The van der Waals surface area contributed by atoms with Crippen LogP contribution in [0.2, 0.25) is 0 Å². The van der Waals surface area contributed by atoms with Gasteiger partial charge in [0, 0.05) is 17.3 Å². The van der Waals surface area contributed by atoms with Crippen LogP contribution in [0.1, 0.15) is 80.1 Å². The summed E-state index contributed by atoms with van der Waals surface area (Å²) >= 11 is 7.48. The van der Waals surface area contributed by atoms with Crippen LogP contribution in [-0.2, 0) is 28.7 Å². The Hall–Kier alpha value is -1.99. The molecule has 0 aromatic rings. The minimum Gasteiger partial charge on any atom is -0.457 e. The normalized spacial score (nSPS) is 40.7. The Morgan fingerprint density at radius 3 is 2.46 bits per heavy atom. The van der Waals surface area contributed by atoms with E-state index in [4.69, 9.17) is 21.1 Å². The second kappa shape index (κ2) is 9.04. The molecule has 4 aliphatic rings. The van der Waals surface area contributed by atoms with Gasteiger partial charge < -0.3 is 14.6 Å². The summed E-state index contributed by atoms with van der Waals surface area (Å²) in [7, 11) is 0. The zero-order valence-electron chi connectivity index (χ0n) is 22.7. The lowest BCUT2D eigenvalue weighted by molar-refractivity contribution is -0.203. The number of halogens is 1. The molecule has 0 radical (unpaired) electrons. The highest BCUT2D eigenvalue weighted by Gasteiger charge is 2.74. The fraction of sp³-hybridized carbons (Fsp3) is 0.724. The molecule has 37 heavy (non-hydrogen) atoms. The smallest absolute Gasteiger partial charge is 0.312 e. The molecule has 0 saturated heterocycles. The van der Waals surface area contributed by atoms with Crippen LogP contribution in [0, 0.1) is 28.1 Å². The lowest BCUT2D eigenvalue weighted by Gasteiger charge is -2.64. The molecule has 0 aromatic carbocycles. The number of Topliss-reactive ketones (excluding diaryl/α,β-unsaturated/α-hetero) is 1. The number of carbonyl (C=O) groups is 4. The summed E-state index contributed by atoms with van der Waals surface area (Å²) in [6.45, 7) is 10.2. The van der Waals surface area contributed by atoms with Crippen molar-refractivity contribution in [1.29, 1.82) is 0 Å². The van der Waals surface area contributed by atoms with Gasteiger partial charge in [-0.1, -0.05) is 32.4 Å². The average Bonchev–Trinajstić information content (AvgIpc) is 3.10. The van der Waals surface area contributed by atoms with Gasteiger partial charge in [0.2, 0.25) is 5.78 Å². The molecule has 0 spiro atoms. The van der Waals surface area contributed by atoms with Crippen molar-refractivity contribution in [1.82, 2.24) is 0 Å². The standard InChI is InChI=1S/C29H39ClO7/c1-7-23(34)36-16-22(33)28(37-24(35)25(2,3)4)13-11-19-20-9-8-17-14-18(31)10-12-26(17,5)29(20,30)21(32)15-27(19,28)6/h10,12,14,19-21,32H,7-9,11,13,15-16H2,1-6H3/t19-,20-,21-,26-,27-,28-,29-/m0/s1. The Kier molecular flexibility index (Phi) is 6.85. The number of esters is 2. The molecule has 0 amide bonds. The van der Waals surface area contributed by atoms with Gasteiger partial charge in [-0.2, -0.15) is 0 Å². The van der Waals surface area contributed by atoms with E-state index in [1.54, 1.807) is 33.8 Å². The summed E-state index contributed by atoms with van der Waals surface area (Å²) in [4.78, 5) is 50.0. The SMILES string of the molecule is CCC(=O)OCC(=O)[C@@]1(OC(=O)C(C)(C)C)CC[C@H]2[C@@H]3CCC4=CC(=O)C=C[C@]4(C)[C@@]3(Cl)[C@@H](O)C[C@@]21C. The molecule has 3 saturated carbocycles. The number of ether oxygens (including phenoxy) is 2. The quantitative estimate of drug-likeness (QED) is 0.409. The molecule has 7 atom stereocenters. The first kappa shape index (κ1) is 28.0. The summed E-state index contributed by atoms with van der Waals surface area (Å²) in [6, 6.07) is 0. The number of hydrogen-bond donors (Lipinski definition) is 1. The van der Waals surface area contributed by atoms with Crippen LogP contribution in [0.25, 0.3) is 0 Å². The molecule has 204 valence electrons. The predicted octanol–water partition coefficient (Wildman–Crippen LogP) is 4.48. The Morgan fingerprint density at radius 2 is 1.84 bits per heavy atom. The first-order valence-electron chi connectivity index (χ1n) is 13.3. The minimum atomic E-state index is -1.55. The van der Waals surface area contributed by atoms with E-state index in [1.807, 2.05) is 19.9 Å². The Morgan fingerprint density at radius 1 is 1.16 bits per heavy atom. The number of hydrogen-bond acceptors (Lipinski definition) is 7. The van der Waals surface area contributed by atoms with Crippen molar-refractivity contribution in [3.05, 3.63) is 23.8 Å². The lowest BCUT2D eigenvalue weighted by Crippen LogP contribution is -2.69. The molecule has 4 rings (SSSR count). The molecule has 0 aliphatic heterocycles. The number of fused-ring (bicyclic) bond motifs is 5. The number of rotatable bonds is 5. The molecule has 8 heteroatoms. The van der Waals surface area contributed by atoms with Crippen LogP contribution >= 0.6 is 11.6 Å². The van der Waals surface area contributed by atoms with E-state index in [0.717, 1.165) is 5.57 Å². The molecule has 0 heterocycles. The summed E-state index contributed by atoms with van der Waals surface area (Å²) in [5.41, 5.74) is -3.13. The Labute approximate surface area is 224 Å². The molecule has 7 nitrogen and oxygen atoms in total. The van der Waals surface area contributed by atoms with Crippen LogP contribution in [0.15, 0.2) is 23.8 Å². The highest BCUT2D eigenvalue weighted by Crippen LogP contribution is 2.71. The van der Waals surface area contributed by atoms with Crippen molar-refractivity contribution in [3.63, 3.8) is 0 Å². The molecule has 4 aliphatic carbocycles. The topological polar surface area (TPSA) is 107 Å². The zero-order valence-corrected chi connectivity index (χ0v) is 23.4. The Bertz CT molecular complexity index is 1090. The third-order valence-corrected chi connectivity index (χ3v) is 10.7. The van der Waals surface area contributed by atoms with E-state index >= 15 is 0 Å². The summed E-state index contributed by atoms with van der Waals surface area (Å²) in [5, 5.41) is 11.8. The number of aliphatic hydroxyl groups is 1. The van der Waals surface area contributed by atoms with Gasteiger partial charge in [0.05, 0.1) is 16.4 Å². The first-order valence-corrected chi connectivity index (χ1v) is 13.7. The maximum Gasteiger partial charge on any atom is 0.312 e. The van der Waals surface area contributed by atoms with E-state index in [2.05, 4.69) is 0 Å². The summed E-state index contributed by atoms with van der Waals surface area (Å²) in [5.74, 6) is -1.89. The summed E-state index contributed by atoms with van der Waals surface area (Å²) in [6.07, 6.45) is 6.34. The summed E-state index contributed by atoms with van der Waals surface area (Å²) < 4.78 is 11.4. The monoisotopic (exact) mass is 534 g/mol. The van der Waals surface area contributed by atoms with Gasteiger partial charge in [-0.05, 0) is 76.9 Å². The van der Waals surface area contributed by atoms with E-state index in [-0.39, 0.29) is 36.9 Å². The van der Waals surface area contributed by atoms with Gasteiger partial charge in [-0.25, -0.2) is 0 Å². The molecular weight excluding hydrogens is 496 g/mol. The van der Waals surface area contributed by atoms with E-state index in [1.165, 1.54) is 6.08 Å². The van der Waals surface area contributed by atoms with Gasteiger partial charge in [0.25, 0.3) is 0 Å². The van der Waals surface area contributed by atoms with Crippen LogP contribution in [0.3, 0.4) is 0 Å². The van der Waals surface area contributed by atoms with Gasteiger partial charge in [-0.3, -0.25) is 19.2 Å². The zero-order chi connectivity index (χ0) is 27.6. The number of aliphatic hydroxyl groups excluding tert-OH is 1. The number of ketones is 2.